The summed E-state index contributed by atoms with van der Waals surface area (Å²) in [6.07, 6.45) is 18.4. The van der Waals surface area contributed by atoms with E-state index in [1.54, 1.807) is 0 Å². The molecule has 3 N–H and O–H groups in total. The van der Waals surface area contributed by atoms with Crippen LogP contribution in [0.2, 0.25) is 0 Å². The van der Waals surface area contributed by atoms with E-state index in [9.17, 15) is 0 Å². The standard InChI is InChI=1S/C19H39Cl.H3N/c1-5-6-7-8-9-10-11-12-13-14-15-16-17-18(2)19(3,4)20;/h18H,5-17H2,1-4H3;1H3. The lowest BCUT2D eigenvalue weighted by atomic mass is 9.91. The Bertz CT molecular complexity index is 198. The van der Waals surface area contributed by atoms with Crippen molar-refractivity contribution in [3.05, 3.63) is 0 Å². The molecular weight excluding hydrogens is 278 g/mol. The van der Waals surface area contributed by atoms with Crippen LogP contribution in [-0.2, 0) is 0 Å². The molecule has 21 heavy (non-hydrogen) atoms. The van der Waals surface area contributed by atoms with Gasteiger partial charge in [-0.25, -0.2) is 0 Å². The van der Waals surface area contributed by atoms with Crippen molar-refractivity contribution in [1.29, 1.82) is 0 Å². The minimum absolute atomic E-state index is 0. The van der Waals surface area contributed by atoms with Crippen LogP contribution in [0.3, 0.4) is 0 Å². The number of halogens is 1. The molecule has 0 rings (SSSR count). The van der Waals surface area contributed by atoms with Gasteiger partial charge in [0.2, 0.25) is 0 Å². The summed E-state index contributed by atoms with van der Waals surface area (Å²) in [5, 5.41) is 0. The van der Waals surface area contributed by atoms with E-state index in [-0.39, 0.29) is 11.0 Å². The zero-order valence-corrected chi connectivity index (χ0v) is 16.1. The van der Waals surface area contributed by atoms with E-state index in [4.69, 9.17) is 11.6 Å². The molecule has 0 bridgehead atoms. The molecule has 0 aromatic rings. The lowest BCUT2D eigenvalue weighted by Gasteiger charge is -2.24. The maximum Gasteiger partial charge on any atom is 0.0416 e. The third-order valence-electron chi connectivity index (χ3n) is 4.66. The fourth-order valence-electron chi connectivity index (χ4n) is 2.63. The van der Waals surface area contributed by atoms with E-state index < -0.39 is 0 Å². The Morgan fingerprint density at radius 1 is 0.714 bits per heavy atom. The van der Waals surface area contributed by atoms with E-state index in [1.165, 1.54) is 83.5 Å². The Balaban J connectivity index is 0. The Hall–Kier alpha value is 0.250. The van der Waals surface area contributed by atoms with Gasteiger partial charge in [0, 0.05) is 4.87 Å². The van der Waals surface area contributed by atoms with Crippen molar-refractivity contribution in [2.75, 3.05) is 0 Å². The molecule has 0 saturated carbocycles. The average molecular weight is 320 g/mol. The molecule has 1 atom stereocenters. The average Bonchev–Trinajstić information content (AvgIpc) is 2.38. The predicted molar refractivity (Wildman–Crippen MR) is 99.8 cm³/mol. The Kier molecular flexibility index (Phi) is 17.0. The summed E-state index contributed by atoms with van der Waals surface area (Å²) in [4.78, 5) is -0.0300. The summed E-state index contributed by atoms with van der Waals surface area (Å²) >= 11 is 6.33. The molecule has 0 amide bonds. The molecule has 130 valence electrons. The first-order valence-electron chi connectivity index (χ1n) is 9.17. The second-order valence-corrected chi connectivity index (χ2v) is 8.12. The van der Waals surface area contributed by atoms with E-state index in [1.807, 2.05) is 0 Å². The van der Waals surface area contributed by atoms with Crippen molar-refractivity contribution in [1.82, 2.24) is 6.15 Å². The first-order valence-corrected chi connectivity index (χ1v) is 9.55. The number of unbranched alkanes of at least 4 members (excludes halogenated alkanes) is 11. The predicted octanol–water partition coefficient (Wildman–Crippen LogP) is 7.89. The van der Waals surface area contributed by atoms with Crippen LogP contribution in [0.5, 0.6) is 0 Å². The summed E-state index contributed by atoms with van der Waals surface area (Å²) in [5.41, 5.74) is 0. The van der Waals surface area contributed by atoms with Crippen LogP contribution in [0.25, 0.3) is 0 Å². The van der Waals surface area contributed by atoms with Crippen LogP contribution in [-0.4, -0.2) is 4.87 Å². The number of rotatable bonds is 14. The molecule has 0 heterocycles. The Morgan fingerprint density at radius 2 is 1.05 bits per heavy atom. The van der Waals surface area contributed by atoms with E-state index in [2.05, 4.69) is 27.7 Å². The van der Waals surface area contributed by atoms with Gasteiger partial charge in [0.15, 0.2) is 0 Å². The molecule has 0 aromatic heterocycles. The molecule has 2 heteroatoms. The van der Waals surface area contributed by atoms with E-state index >= 15 is 0 Å². The maximum absolute atomic E-state index is 6.33. The molecule has 0 aliphatic rings. The van der Waals surface area contributed by atoms with E-state index in [0.717, 1.165) is 0 Å². The number of hydrogen-bond acceptors (Lipinski definition) is 1. The Labute approximate surface area is 140 Å². The third kappa shape index (κ3) is 16.4. The highest BCUT2D eigenvalue weighted by Gasteiger charge is 2.21. The van der Waals surface area contributed by atoms with Crippen molar-refractivity contribution in [3.63, 3.8) is 0 Å². The summed E-state index contributed by atoms with van der Waals surface area (Å²) in [6, 6.07) is 0. The molecule has 0 aliphatic heterocycles. The van der Waals surface area contributed by atoms with Crippen LogP contribution in [0.15, 0.2) is 0 Å². The maximum atomic E-state index is 6.33. The fraction of sp³-hybridized carbons (Fsp3) is 1.00. The molecule has 0 aromatic carbocycles. The molecule has 0 radical (unpaired) electrons. The van der Waals surface area contributed by atoms with Gasteiger partial charge in [0.05, 0.1) is 0 Å². The quantitative estimate of drug-likeness (QED) is 0.256. The lowest BCUT2D eigenvalue weighted by molar-refractivity contribution is 0.400. The highest BCUT2D eigenvalue weighted by molar-refractivity contribution is 6.23. The fourth-order valence-corrected chi connectivity index (χ4v) is 2.74. The van der Waals surface area contributed by atoms with Crippen molar-refractivity contribution in [3.8, 4) is 0 Å². The minimum Gasteiger partial charge on any atom is -0.344 e. The molecule has 0 spiro atoms. The smallest absolute Gasteiger partial charge is 0.0416 e. The van der Waals surface area contributed by atoms with Gasteiger partial charge in [-0.05, 0) is 26.2 Å². The van der Waals surface area contributed by atoms with Crippen molar-refractivity contribution in [2.24, 2.45) is 5.92 Å². The molecule has 1 nitrogen and oxygen atoms in total. The highest BCUT2D eigenvalue weighted by atomic mass is 35.5. The van der Waals surface area contributed by atoms with Crippen LogP contribution < -0.4 is 6.15 Å². The first-order chi connectivity index (χ1) is 9.48. The molecule has 0 aliphatic carbocycles. The lowest BCUT2D eigenvalue weighted by Crippen LogP contribution is -2.21. The van der Waals surface area contributed by atoms with Crippen molar-refractivity contribution >= 4 is 11.6 Å². The molecule has 1 unspecified atom stereocenters. The second-order valence-electron chi connectivity index (χ2n) is 7.14. The molecule has 0 saturated heterocycles. The zero-order valence-electron chi connectivity index (χ0n) is 15.4. The minimum atomic E-state index is -0.0300. The number of hydrogen-bond donors (Lipinski definition) is 1. The molecular formula is C19H42ClN. The summed E-state index contributed by atoms with van der Waals surface area (Å²) in [7, 11) is 0. The normalized spacial score (nSPS) is 13.0. The van der Waals surface area contributed by atoms with Crippen LogP contribution in [0.4, 0.5) is 0 Å². The highest BCUT2D eigenvalue weighted by Crippen LogP contribution is 2.28. The van der Waals surface area contributed by atoms with Gasteiger partial charge in [0.25, 0.3) is 0 Å². The van der Waals surface area contributed by atoms with E-state index in [0.29, 0.717) is 5.92 Å². The SMILES string of the molecule is CCCCCCCCCCCCCCC(C)C(C)(C)Cl.N. The number of alkyl halides is 1. The molecule has 0 fully saturated rings. The van der Waals surface area contributed by atoms with Gasteiger partial charge >= 0.3 is 0 Å². The largest absolute Gasteiger partial charge is 0.344 e. The van der Waals surface area contributed by atoms with Gasteiger partial charge < -0.3 is 6.15 Å². The summed E-state index contributed by atoms with van der Waals surface area (Å²) in [5.74, 6) is 0.632. The topological polar surface area (TPSA) is 35.0 Å². The van der Waals surface area contributed by atoms with Gasteiger partial charge in [-0.1, -0.05) is 90.9 Å². The van der Waals surface area contributed by atoms with Crippen LogP contribution in [0.1, 0.15) is 111 Å². The summed E-state index contributed by atoms with van der Waals surface area (Å²) < 4.78 is 0. The summed E-state index contributed by atoms with van der Waals surface area (Å²) in [6.45, 7) is 8.85. The van der Waals surface area contributed by atoms with Gasteiger partial charge in [-0.2, -0.15) is 0 Å². The monoisotopic (exact) mass is 319 g/mol. The van der Waals surface area contributed by atoms with Gasteiger partial charge in [0.1, 0.15) is 0 Å². The van der Waals surface area contributed by atoms with Crippen LogP contribution >= 0.6 is 11.6 Å². The van der Waals surface area contributed by atoms with Gasteiger partial charge in [-0.3, -0.25) is 0 Å². The zero-order chi connectivity index (χ0) is 15.3. The Morgan fingerprint density at radius 3 is 1.38 bits per heavy atom. The third-order valence-corrected chi connectivity index (χ3v) is 5.04. The van der Waals surface area contributed by atoms with Crippen molar-refractivity contribution < 1.29 is 0 Å². The van der Waals surface area contributed by atoms with Gasteiger partial charge in [-0.15, -0.1) is 11.6 Å². The second kappa shape index (κ2) is 15.2. The van der Waals surface area contributed by atoms with Crippen LogP contribution in [0, 0.1) is 5.92 Å². The van der Waals surface area contributed by atoms with Crippen molar-refractivity contribution in [2.45, 2.75) is 116 Å². The first kappa shape index (κ1) is 23.5.